The molecule has 0 spiro atoms. The van der Waals surface area contributed by atoms with Crippen LogP contribution in [0.2, 0.25) is 10.0 Å². The van der Waals surface area contributed by atoms with Crippen LogP contribution in [0.3, 0.4) is 0 Å². The molecular weight excluding hydrogens is 367 g/mol. The topological polar surface area (TPSA) is 69.2 Å². The molecule has 6 nitrogen and oxygen atoms in total. The van der Waals surface area contributed by atoms with Gasteiger partial charge in [-0.3, -0.25) is 4.79 Å². The van der Waals surface area contributed by atoms with E-state index < -0.39 is 6.10 Å². The molecule has 2 heterocycles. The molecule has 2 aliphatic rings. The Morgan fingerprint density at radius 2 is 1.92 bits per heavy atom. The fourth-order valence-corrected chi connectivity index (χ4v) is 2.86. The van der Waals surface area contributed by atoms with Gasteiger partial charge in [-0.1, -0.05) is 34.4 Å². The van der Waals surface area contributed by atoms with Crippen molar-refractivity contribution in [3.05, 3.63) is 52.0 Å². The van der Waals surface area contributed by atoms with E-state index in [9.17, 15) is 4.79 Å². The van der Waals surface area contributed by atoms with Gasteiger partial charge < -0.3 is 19.6 Å². The molecule has 2 aromatic carbocycles. The molecule has 0 aromatic heterocycles. The number of carbonyl (C=O) groups excluding carboxylic acids is 1. The van der Waals surface area contributed by atoms with Gasteiger partial charge in [0.05, 0.1) is 15.8 Å². The molecule has 25 heavy (non-hydrogen) atoms. The molecular formula is C17H12Cl2N2O4. The van der Waals surface area contributed by atoms with Crippen molar-refractivity contribution < 1.29 is 19.1 Å². The first-order chi connectivity index (χ1) is 12.1. The summed E-state index contributed by atoms with van der Waals surface area (Å²) in [5, 5.41) is 7.66. The first kappa shape index (κ1) is 16.1. The standard InChI is InChI=1S/C17H12Cl2N2O4/c18-11-3-1-9(5-12(11)19)13-7-16(25-21-13)17(22)20-10-2-4-14-15(6-10)24-8-23-14/h1-6,16H,7-8H2,(H,20,22)/t16-/m0/s1. The number of fused-ring (bicyclic) bond motifs is 1. The van der Waals surface area contributed by atoms with Crippen molar-refractivity contribution in [2.75, 3.05) is 12.1 Å². The van der Waals surface area contributed by atoms with Crippen LogP contribution in [-0.2, 0) is 9.63 Å². The maximum atomic E-state index is 12.4. The summed E-state index contributed by atoms with van der Waals surface area (Å²) < 4.78 is 10.5. The number of nitrogens with one attached hydrogen (secondary N) is 1. The molecule has 0 saturated heterocycles. The smallest absolute Gasteiger partial charge is 0.268 e. The maximum absolute atomic E-state index is 12.4. The van der Waals surface area contributed by atoms with Crippen molar-refractivity contribution in [1.29, 1.82) is 0 Å². The lowest BCUT2D eigenvalue weighted by atomic mass is 10.0. The van der Waals surface area contributed by atoms with E-state index in [0.717, 1.165) is 5.56 Å². The monoisotopic (exact) mass is 378 g/mol. The third-order valence-corrected chi connectivity index (χ3v) is 4.59. The first-order valence-corrected chi connectivity index (χ1v) is 8.24. The number of anilines is 1. The summed E-state index contributed by atoms with van der Waals surface area (Å²) >= 11 is 11.9. The average molecular weight is 379 g/mol. The zero-order chi connectivity index (χ0) is 17.4. The minimum atomic E-state index is -0.713. The highest BCUT2D eigenvalue weighted by Crippen LogP contribution is 2.34. The van der Waals surface area contributed by atoms with Crippen LogP contribution in [0.25, 0.3) is 0 Å². The molecule has 8 heteroatoms. The summed E-state index contributed by atoms with van der Waals surface area (Å²) in [4.78, 5) is 17.6. The maximum Gasteiger partial charge on any atom is 0.268 e. The van der Waals surface area contributed by atoms with E-state index in [4.69, 9.17) is 37.5 Å². The predicted molar refractivity (Wildman–Crippen MR) is 93.7 cm³/mol. The molecule has 0 fully saturated rings. The Kier molecular flexibility index (Phi) is 4.15. The SMILES string of the molecule is O=C(Nc1ccc2c(c1)OCO2)[C@@H]1CC(c2ccc(Cl)c(Cl)c2)=NO1. The minimum Gasteiger partial charge on any atom is -0.454 e. The lowest BCUT2D eigenvalue weighted by Crippen LogP contribution is -2.28. The molecule has 128 valence electrons. The number of hydrogen-bond acceptors (Lipinski definition) is 5. The van der Waals surface area contributed by atoms with Crippen LogP contribution < -0.4 is 14.8 Å². The third-order valence-electron chi connectivity index (χ3n) is 3.85. The van der Waals surface area contributed by atoms with Gasteiger partial charge in [-0.2, -0.15) is 0 Å². The minimum absolute atomic E-state index is 0.180. The molecule has 0 saturated carbocycles. The summed E-state index contributed by atoms with van der Waals surface area (Å²) in [6.07, 6.45) is -0.371. The molecule has 0 unspecified atom stereocenters. The quantitative estimate of drug-likeness (QED) is 0.880. The average Bonchev–Trinajstić information content (AvgIpc) is 3.26. The van der Waals surface area contributed by atoms with Gasteiger partial charge in [0.2, 0.25) is 12.9 Å². The summed E-state index contributed by atoms with van der Waals surface area (Å²) in [7, 11) is 0. The van der Waals surface area contributed by atoms with E-state index in [1.807, 2.05) is 0 Å². The van der Waals surface area contributed by atoms with Crippen LogP contribution >= 0.6 is 23.2 Å². The number of benzene rings is 2. The zero-order valence-corrected chi connectivity index (χ0v) is 14.3. The second-order valence-electron chi connectivity index (χ2n) is 5.52. The second-order valence-corrected chi connectivity index (χ2v) is 6.34. The van der Waals surface area contributed by atoms with E-state index in [1.54, 1.807) is 36.4 Å². The molecule has 0 bridgehead atoms. The van der Waals surface area contributed by atoms with E-state index in [1.165, 1.54) is 0 Å². The normalized spacial score (nSPS) is 17.8. The zero-order valence-electron chi connectivity index (χ0n) is 12.8. The summed E-state index contributed by atoms with van der Waals surface area (Å²) in [5.41, 5.74) is 2.01. The van der Waals surface area contributed by atoms with Gasteiger partial charge in [0.1, 0.15) is 0 Å². The Morgan fingerprint density at radius 1 is 1.08 bits per heavy atom. The Bertz CT molecular complexity index is 885. The second kappa shape index (κ2) is 6.46. The van der Waals surface area contributed by atoms with Crippen LogP contribution in [0.4, 0.5) is 5.69 Å². The van der Waals surface area contributed by atoms with Crippen molar-refractivity contribution in [3.63, 3.8) is 0 Å². The molecule has 2 aromatic rings. The van der Waals surface area contributed by atoms with Gasteiger partial charge in [-0.05, 0) is 24.3 Å². The highest BCUT2D eigenvalue weighted by molar-refractivity contribution is 6.42. The van der Waals surface area contributed by atoms with Crippen LogP contribution in [0, 0.1) is 0 Å². The van der Waals surface area contributed by atoms with Gasteiger partial charge in [0, 0.05) is 23.7 Å². The number of hydrogen-bond donors (Lipinski definition) is 1. The molecule has 1 atom stereocenters. The molecule has 4 rings (SSSR count). The van der Waals surface area contributed by atoms with Crippen molar-refractivity contribution >= 4 is 40.5 Å². The number of halogens is 2. The lowest BCUT2D eigenvalue weighted by Gasteiger charge is -2.10. The van der Waals surface area contributed by atoms with Crippen LogP contribution in [-0.4, -0.2) is 24.5 Å². The molecule has 1 amide bonds. The molecule has 2 aliphatic heterocycles. The predicted octanol–water partition coefficient (Wildman–Crippen LogP) is 3.85. The van der Waals surface area contributed by atoms with Crippen LogP contribution in [0.15, 0.2) is 41.6 Å². The van der Waals surface area contributed by atoms with Gasteiger partial charge in [-0.25, -0.2) is 0 Å². The molecule has 0 radical (unpaired) electrons. The van der Waals surface area contributed by atoms with E-state index >= 15 is 0 Å². The van der Waals surface area contributed by atoms with E-state index in [-0.39, 0.29) is 12.7 Å². The highest BCUT2D eigenvalue weighted by Gasteiger charge is 2.29. The summed E-state index contributed by atoms with van der Waals surface area (Å²) in [5.74, 6) is 0.955. The van der Waals surface area contributed by atoms with Crippen molar-refractivity contribution in [2.45, 2.75) is 12.5 Å². The summed E-state index contributed by atoms with van der Waals surface area (Å²) in [6.45, 7) is 0.180. The number of nitrogens with zero attached hydrogens (tertiary/aromatic N) is 1. The van der Waals surface area contributed by atoms with E-state index in [2.05, 4.69) is 10.5 Å². The molecule has 0 aliphatic carbocycles. The molecule has 1 N–H and O–H groups in total. The number of rotatable bonds is 3. The van der Waals surface area contributed by atoms with Gasteiger partial charge in [0.15, 0.2) is 11.5 Å². The van der Waals surface area contributed by atoms with E-state index in [0.29, 0.717) is 39.4 Å². The fourth-order valence-electron chi connectivity index (χ4n) is 2.56. The Balaban J connectivity index is 1.42. The van der Waals surface area contributed by atoms with Crippen molar-refractivity contribution in [3.8, 4) is 11.5 Å². The number of amides is 1. The van der Waals surface area contributed by atoms with Gasteiger partial charge in [-0.15, -0.1) is 0 Å². The van der Waals surface area contributed by atoms with Crippen LogP contribution in [0.5, 0.6) is 11.5 Å². The number of carbonyl (C=O) groups is 1. The highest BCUT2D eigenvalue weighted by atomic mass is 35.5. The fraction of sp³-hybridized carbons (Fsp3) is 0.176. The van der Waals surface area contributed by atoms with Crippen molar-refractivity contribution in [1.82, 2.24) is 0 Å². The largest absolute Gasteiger partial charge is 0.454 e. The number of oxime groups is 1. The van der Waals surface area contributed by atoms with Gasteiger partial charge in [0.25, 0.3) is 5.91 Å². The number of ether oxygens (including phenoxy) is 2. The lowest BCUT2D eigenvalue weighted by molar-refractivity contribution is -0.125. The van der Waals surface area contributed by atoms with Crippen molar-refractivity contribution in [2.24, 2.45) is 5.16 Å². The van der Waals surface area contributed by atoms with Crippen LogP contribution in [0.1, 0.15) is 12.0 Å². The Morgan fingerprint density at radius 3 is 2.76 bits per heavy atom. The first-order valence-electron chi connectivity index (χ1n) is 7.49. The van der Waals surface area contributed by atoms with Gasteiger partial charge >= 0.3 is 0 Å². The Labute approximate surface area is 153 Å². The third kappa shape index (κ3) is 3.23. The Hall–Kier alpha value is -2.44. The summed E-state index contributed by atoms with van der Waals surface area (Å²) in [6, 6.07) is 10.3.